The largest absolute Gasteiger partial charge is 0.377 e. The Morgan fingerprint density at radius 2 is 1.57 bits per heavy atom. The second kappa shape index (κ2) is 10.9. The second-order valence-corrected chi connectivity index (χ2v) is 3.02. The van der Waals surface area contributed by atoms with Gasteiger partial charge < -0.3 is 14.2 Å². The molecule has 0 saturated heterocycles. The third-order valence-corrected chi connectivity index (χ3v) is 1.80. The van der Waals surface area contributed by atoms with Gasteiger partial charge >= 0.3 is 0 Å². The van der Waals surface area contributed by atoms with E-state index < -0.39 is 0 Å². The lowest BCUT2D eigenvalue weighted by atomic mass is 10.3. The first kappa shape index (κ1) is 13.8. The normalized spacial score (nSPS) is 13.1. The van der Waals surface area contributed by atoms with Gasteiger partial charge in [0.15, 0.2) is 0 Å². The molecule has 0 spiro atoms. The summed E-state index contributed by atoms with van der Waals surface area (Å²) in [6.45, 7) is 6.45. The number of ether oxygens (including phenoxy) is 3. The molecule has 4 nitrogen and oxygen atoms in total. The van der Waals surface area contributed by atoms with E-state index in [0.29, 0.717) is 32.5 Å². The van der Waals surface area contributed by atoms with E-state index in [1.54, 1.807) is 0 Å². The summed E-state index contributed by atoms with van der Waals surface area (Å²) in [5.74, 6) is 0. The summed E-state index contributed by atoms with van der Waals surface area (Å²) in [6, 6.07) is 0. The van der Waals surface area contributed by atoms with E-state index in [0.717, 1.165) is 6.42 Å². The molecule has 85 valence electrons. The molecule has 0 heterocycles. The lowest BCUT2D eigenvalue weighted by Gasteiger charge is -2.10. The fourth-order valence-corrected chi connectivity index (χ4v) is 0.807. The molecule has 1 unspecified atom stereocenters. The van der Waals surface area contributed by atoms with E-state index >= 15 is 0 Å². The highest BCUT2D eigenvalue weighted by Crippen LogP contribution is 1.94. The molecule has 0 aromatic carbocycles. The van der Waals surface area contributed by atoms with Crippen LogP contribution in [0.15, 0.2) is 0 Å². The maximum absolute atomic E-state index is 9.99. The van der Waals surface area contributed by atoms with Crippen molar-refractivity contribution >= 4 is 0 Å². The molecule has 0 aliphatic carbocycles. The first-order valence-electron chi connectivity index (χ1n) is 5.16. The summed E-state index contributed by atoms with van der Waals surface area (Å²) >= 11 is 0. The third kappa shape index (κ3) is 9.92. The Balaban J connectivity index is 2.92. The Kier molecular flexibility index (Phi) is 10.8. The molecular weight excluding hydrogens is 184 g/mol. The predicted molar refractivity (Wildman–Crippen MR) is 52.9 cm³/mol. The van der Waals surface area contributed by atoms with Gasteiger partial charge in [-0.1, -0.05) is 6.92 Å². The van der Waals surface area contributed by atoms with Crippen molar-refractivity contribution in [3.63, 3.8) is 0 Å². The molecule has 0 fully saturated rings. The zero-order valence-electron chi connectivity index (χ0n) is 9.16. The van der Waals surface area contributed by atoms with Crippen LogP contribution in [0.4, 0.5) is 0 Å². The van der Waals surface area contributed by atoms with Gasteiger partial charge in [0, 0.05) is 0 Å². The van der Waals surface area contributed by atoms with Crippen molar-refractivity contribution in [1.29, 1.82) is 0 Å². The van der Waals surface area contributed by atoms with Crippen molar-refractivity contribution in [2.75, 3.05) is 39.6 Å². The van der Waals surface area contributed by atoms with Gasteiger partial charge in [-0.15, -0.1) is 0 Å². The van der Waals surface area contributed by atoms with Crippen molar-refractivity contribution in [3.05, 3.63) is 0 Å². The molecular formula is C10H21O4. The van der Waals surface area contributed by atoms with Gasteiger partial charge in [-0.2, -0.15) is 0 Å². The van der Waals surface area contributed by atoms with Crippen LogP contribution in [0.1, 0.15) is 20.3 Å². The predicted octanol–water partition coefficient (Wildman–Crippen LogP) is 1.27. The van der Waals surface area contributed by atoms with Gasteiger partial charge in [0.1, 0.15) is 6.61 Å². The first-order valence-corrected chi connectivity index (χ1v) is 5.16. The van der Waals surface area contributed by atoms with E-state index in [2.05, 4.69) is 6.92 Å². The minimum Gasteiger partial charge on any atom is -0.377 e. The van der Waals surface area contributed by atoms with Crippen LogP contribution in [-0.4, -0.2) is 45.7 Å². The third-order valence-electron chi connectivity index (χ3n) is 1.80. The average Bonchev–Trinajstić information content (AvgIpc) is 2.21. The molecule has 1 radical (unpaired) electrons. The maximum atomic E-state index is 9.99. The molecule has 0 aromatic rings. The van der Waals surface area contributed by atoms with Gasteiger partial charge in [-0.3, -0.25) is 0 Å². The maximum Gasteiger partial charge on any atom is 0.106 e. The lowest BCUT2D eigenvalue weighted by molar-refractivity contribution is -0.0138. The minimum atomic E-state index is -0.183. The molecule has 0 aromatic heterocycles. The van der Waals surface area contributed by atoms with Crippen LogP contribution in [0.3, 0.4) is 0 Å². The fourth-order valence-electron chi connectivity index (χ4n) is 0.807. The van der Waals surface area contributed by atoms with Crippen LogP contribution in [0.5, 0.6) is 0 Å². The quantitative estimate of drug-likeness (QED) is 0.504. The van der Waals surface area contributed by atoms with Gasteiger partial charge in [-0.25, -0.2) is 5.11 Å². The molecule has 4 heteroatoms. The van der Waals surface area contributed by atoms with Gasteiger partial charge in [0.2, 0.25) is 0 Å². The molecule has 0 rings (SSSR count). The SMILES string of the molecule is CCC(C)OCCOCCOCC[O]. The van der Waals surface area contributed by atoms with Gasteiger partial charge in [0.05, 0.1) is 39.1 Å². The molecule has 0 bridgehead atoms. The van der Waals surface area contributed by atoms with Crippen LogP contribution < -0.4 is 0 Å². The molecule has 0 aliphatic rings. The van der Waals surface area contributed by atoms with E-state index in [1.807, 2.05) is 6.92 Å². The highest BCUT2D eigenvalue weighted by molar-refractivity contribution is 4.43. The van der Waals surface area contributed by atoms with Crippen LogP contribution in [0.2, 0.25) is 0 Å². The van der Waals surface area contributed by atoms with Crippen molar-refractivity contribution in [1.82, 2.24) is 0 Å². The molecule has 14 heavy (non-hydrogen) atoms. The molecule has 0 N–H and O–H groups in total. The minimum absolute atomic E-state index is 0.183. The molecule has 0 saturated carbocycles. The molecule has 1 atom stereocenters. The van der Waals surface area contributed by atoms with Crippen molar-refractivity contribution in [2.24, 2.45) is 0 Å². The van der Waals surface area contributed by atoms with Crippen LogP contribution in [-0.2, 0) is 19.3 Å². The highest BCUT2D eigenvalue weighted by Gasteiger charge is 1.97. The summed E-state index contributed by atoms with van der Waals surface area (Å²) in [6.07, 6.45) is 1.32. The zero-order chi connectivity index (χ0) is 10.6. The van der Waals surface area contributed by atoms with Gasteiger partial charge in [-0.05, 0) is 13.3 Å². The summed E-state index contributed by atoms with van der Waals surface area (Å²) in [7, 11) is 0. The van der Waals surface area contributed by atoms with Crippen molar-refractivity contribution in [3.8, 4) is 0 Å². The monoisotopic (exact) mass is 205 g/mol. The summed E-state index contributed by atoms with van der Waals surface area (Å²) in [4.78, 5) is 0. The number of rotatable bonds is 10. The standard InChI is InChI=1S/C10H21O4/c1-3-10(2)14-9-8-13-7-6-12-5-4-11/h10H,3-9H2,1-2H3. The Morgan fingerprint density at radius 1 is 1.00 bits per heavy atom. The lowest BCUT2D eigenvalue weighted by Crippen LogP contribution is -2.14. The Bertz CT molecular complexity index is 108. The number of hydrogen-bond donors (Lipinski definition) is 0. The Hall–Kier alpha value is -0.160. The number of hydrogen-bond acceptors (Lipinski definition) is 3. The van der Waals surface area contributed by atoms with E-state index in [-0.39, 0.29) is 13.2 Å². The van der Waals surface area contributed by atoms with E-state index in [1.165, 1.54) is 0 Å². The second-order valence-electron chi connectivity index (χ2n) is 3.02. The fraction of sp³-hybridized carbons (Fsp3) is 1.00. The smallest absolute Gasteiger partial charge is 0.106 e. The Labute approximate surface area is 86.2 Å². The topological polar surface area (TPSA) is 47.6 Å². The Morgan fingerprint density at radius 3 is 2.14 bits per heavy atom. The van der Waals surface area contributed by atoms with Crippen LogP contribution in [0.25, 0.3) is 0 Å². The van der Waals surface area contributed by atoms with Crippen molar-refractivity contribution in [2.45, 2.75) is 26.4 Å². The summed E-state index contributed by atoms with van der Waals surface area (Å²) < 4.78 is 15.6. The molecule has 0 amide bonds. The first-order chi connectivity index (χ1) is 6.81. The summed E-state index contributed by atoms with van der Waals surface area (Å²) in [5.41, 5.74) is 0. The highest BCUT2D eigenvalue weighted by atomic mass is 16.5. The van der Waals surface area contributed by atoms with E-state index in [4.69, 9.17) is 14.2 Å². The van der Waals surface area contributed by atoms with E-state index in [9.17, 15) is 5.11 Å². The van der Waals surface area contributed by atoms with Gasteiger partial charge in [0.25, 0.3) is 0 Å². The zero-order valence-corrected chi connectivity index (χ0v) is 9.16. The van der Waals surface area contributed by atoms with Crippen LogP contribution in [0, 0.1) is 0 Å². The molecule has 0 aliphatic heterocycles. The van der Waals surface area contributed by atoms with Crippen LogP contribution >= 0.6 is 0 Å². The summed E-state index contributed by atoms with van der Waals surface area (Å²) in [5, 5.41) is 9.99. The van der Waals surface area contributed by atoms with Crippen molar-refractivity contribution < 1.29 is 19.3 Å². The average molecular weight is 205 g/mol.